The number of benzene rings is 1. The second-order valence-electron chi connectivity index (χ2n) is 4.58. The van der Waals surface area contributed by atoms with Crippen molar-refractivity contribution >= 4 is 17.5 Å². The van der Waals surface area contributed by atoms with E-state index in [1.165, 1.54) is 28.8 Å². The fourth-order valence-corrected chi connectivity index (χ4v) is 2.74. The number of ether oxygens (including phenoxy) is 1. The molecule has 2 aromatic rings. The molecule has 0 atom stereocenters. The number of hydrogen-bond acceptors (Lipinski definition) is 5. The summed E-state index contributed by atoms with van der Waals surface area (Å²) in [7, 11) is 0. The summed E-state index contributed by atoms with van der Waals surface area (Å²) in [5.74, 6) is -0.117. The third-order valence-electron chi connectivity index (χ3n) is 2.90. The number of aromatic nitrogens is 3. The number of ketones is 1. The lowest BCUT2D eigenvalue weighted by molar-refractivity contribution is -0.0498. The SMILES string of the molecule is CCCn1c(SCC(=O)c2ccc(OC(F)F)cc2)n[nH]c1=O. The molecule has 0 aliphatic rings. The van der Waals surface area contributed by atoms with E-state index < -0.39 is 6.61 Å². The number of Topliss-reactive ketones (excluding diaryl/α,β-unsaturated/α-hetero) is 1. The summed E-state index contributed by atoms with van der Waals surface area (Å²) in [4.78, 5) is 23.6. The van der Waals surface area contributed by atoms with Crippen molar-refractivity contribution in [3.63, 3.8) is 0 Å². The van der Waals surface area contributed by atoms with Crippen LogP contribution in [0.5, 0.6) is 5.75 Å². The van der Waals surface area contributed by atoms with E-state index in [9.17, 15) is 18.4 Å². The number of rotatable bonds is 8. The number of hydrogen-bond donors (Lipinski definition) is 1. The van der Waals surface area contributed by atoms with Gasteiger partial charge in [0.05, 0.1) is 5.75 Å². The molecule has 0 amide bonds. The van der Waals surface area contributed by atoms with Gasteiger partial charge in [-0.2, -0.15) is 8.78 Å². The first-order chi connectivity index (χ1) is 11.0. The zero-order valence-corrected chi connectivity index (χ0v) is 13.1. The maximum atomic E-state index is 12.1. The topological polar surface area (TPSA) is 77.0 Å². The Balaban J connectivity index is 1.98. The number of thioether (sulfide) groups is 1. The van der Waals surface area contributed by atoms with Crippen LogP contribution >= 0.6 is 11.8 Å². The van der Waals surface area contributed by atoms with Gasteiger partial charge in [-0.25, -0.2) is 9.89 Å². The lowest BCUT2D eigenvalue weighted by atomic mass is 10.1. The number of halogens is 2. The Kier molecular flexibility index (Phi) is 5.91. The molecule has 0 fully saturated rings. The average Bonchev–Trinajstić information content (AvgIpc) is 2.86. The van der Waals surface area contributed by atoms with Crippen LogP contribution in [-0.2, 0) is 6.54 Å². The molecule has 1 heterocycles. The molecule has 0 spiro atoms. The van der Waals surface area contributed by atoms with Gasteiger partial charge in [0.25, 0.3) is 0 Å². The molecule has 0 saturated heterocycles. The number of nitrogens with zero attached hydrogens (tertiary/aromatic N) is 2. The molecule has 1 aromatic heterocycles. The highest BCUT2D eigenvalue weighted by molar-refractivity contribution is 7.99. The lowest BCUT2D eigenvalue weighted by Crippen LogP contribution is -2.17. The van der Waals surface area contributed by atoms with Gasteiger partial charge in [-0.3, -0.25) is 9.36 Å². The van der Waals surface area contributed by atoms with Crippen molar-refractivity contribution in [3.8, 4) is 5.75 Å². The molecule has 0 aliphatic carbocycles. The van der Waals surface area contributed by atoms with E-state index in [1.54, 1.807) is 0 Å². The van der Waals surface area contributed by atoms with Gasteiger partial charge in [-0.05, 0) is 30.7 Å². The van der Waals surface area contributed by atoms with Crippen LogP contribution in [-0.4, -0.2) is 32.9 Å². The smallest absolute Gasteiger partial charge is 0.387 e. The molecule has 2 rings (SSSR count). The molecule has 124 valence electrons. The monoisotopic (exact) mass is 343 g/mol. The average molecular weight is 343 g/mol. The van der Waals surface area contributed by atoms with Gasteiger partial charge in [0.15, 0.2) is 10.9 Å². The van der Waals surface area contributed by atoms with Crippen LogP contribution in [0.4, 0.5) is 8.78 Å². The summed E-state index contributed by atoms with van der Waals surface area (Å²) in [5.41, 5.74) is 0.0642. The normalized spacial score (nSPS) is 11.0. The zero-order chi connectivity index (χ0) is 16.8. The number of carbonyl (C=O) groups excluding carboxylic acids is 1. The Hall–Kier alpha value is -2.16. The maximum Gasteiger partial charge on any atom is 0.387 e. The molecular formula is C14H15F2N3O3S. The van der Waals surface area contributed by atoms with Crippen molar-refractivity contribution < 1.29 is 18.3 Å². The molecular weight excluding hydrogens is 328 g/mol. The van der Waals surface area contributed by atoms with Gasteiger partial charge < -0.3 is 4.74 Å². The Morgan fingerprint density at radius 3 is 2.70 bits per heavy atom. The minimum Gasteiger partial charge on any atom is -0.435 e. The van der Waals surface area contributed by atoms with E-state index in [0.29, 0.717) is 17.3 Å². The molecule has 0 aliphatic heterocycles. The summed E-state index contributed by atoms with van der Waals surface area (Å²) < 4.78 is 29.8. The van der Waals surface area contributed by atoms with Crippen molar-refractivity contribution in [3.05, 3.63) is 40.3 Å². The van der Waals surface area contributed by atoms with Crippen LogP contribution in [0.2, 0.25) is 0 Å². The molecule has 1 N–H and O–H groups in total. The van der Waals surface area contributed by atoms with E-state index in [1.807, 2.05) is 6.92 Å². The molecule has 0 unspecified atom stereocenters. The van der Waals surface area contributed by atoms with E-state index in [-0.39, 0.29) is 23.0 Å². The Morgan fingerprint density at radius 2 is 2.09 bits per heavy atom. The minimum absolute atomic E-state index is 0.00621. The van der Waals surface area contributed by atoms with Crippen LogP contribution in [0.15, 0.2) is 34.2 Å². The minimum atomic E-state index is -2.90. The number of alkyl halides is 2. The number of carbonyl (C=O) groups is 1. The molecule has 0 bridgehead atoms. The molecule has 1 aromatic carbocycles. The first-order valence-electron chi connectivity index (χ1n) is 6.87. The van der Waals surface area contributed by atoms with Gasteiger partial charge in [0.2, 0.25) is 0 Å². The van der Waals surface area contributed by atoms with Crippen LogP contribution in [0.25, 0.3) is 0 Å². The number of H-pyrrole nitrogens is 1. The van der Waals surface area contributed by atoms with Gasteiger partial charge in [0.1, 0.15) is 5.75 Å². The predicted molar refractivity (Wildman–Crippen MR) is 81.3 cm³/mol. The second kappa shape index (κ2) is 7.91. The van der Waals surface area contributed by atoms with Crippen molar-refractivity contribution in [2.75, 3.05) is 5.75 Å². The standard InChI is InChI=1S/C14H15F2N3O3S/c1-2-7-19-13(21)17-18-14(19)23-8-11(20)9-3-5-10(6-4-9)22-12(15)16/h3-6,12H,2,7-8H2,1H3,(H,17,21). The van der Waals surface area contributed by atoms with Crippen LogP contribution in [0, 0.1) is 0 Å². The van der Waals surface area contributed by atoms with Gasteiger partial charge in [0, 0.05) is 12.1 Å². The Labute approximate surface area is 134 Å². The first-order valence-corrected chi connectivity index (χ1v) is 7.86. The van der Waals surface area contributed by atoms with Crippen molar-refractivity contribution in [1.29, 1.82) is 0 Å². The number of aromatic amines is 1. The van der Waals surface area contributed by atoms with Gasteiger partial charge >= 0.3 is 12.3 Å². The van der Waals surface area contributed by atoms with E-state index in [4.69, 9.17) is 0 Å². The van der Waals surface area contributed by atoms with E-state index >= 15 is 0 Å². The molecule has 0 radical (unpaired) electrons. The Bertz CT molecular complexity index is 713. The highest BCUT2D eigenvalue weighted by atomic mass is 32.2. The highest BCUT2D eigenvalue weighted by Crippen LogP contribution is 2.18. The Morgan fingerprint density at radius 1 is 1.39 bits per heavy atom. The third-order valence-corrected chi connectivity index (χ3v) is 3.88. The molecule has 0 saturated carbocycles. The van der Waals surface area contributed by atoms with Crippen LogP contribution in [0.1, 0.15) is 23.7 Å². The number of nitrogens with one attached hydrogen (secondary N) is 1. The summed E-state index contributed by atoms with van der Waals surface area (Å²) >= 11 is 1.15. The summed E-state index contributed by atoms with van der Waals surface area (Å²) in [5, 5.41) is 6.68. The largest absolute Gasteiger partial charge is 0.435 e. The third kappa shape index (κ3) is 4.65. The van der Waals surface area contributed by atoms with Gasteiger partial charge in [-0.1, -0.05) is 18.7 Å². The second-order valence-corrected chi connectivity index (χ2v) is 5.52. The summed E-state index contributed by atoms with van der Waals surface area (Å²) in [6.07, 6.45) is 0.770. The summed E-state index contributed by atoms with van der Waals surface area (Å²) in [6, 6.07) is 5.46. The predicted octanol–water partition coefficient (Wildman–Crippen LogP) is 2.56. The van der Waals surface area contributed by atoms with Crippen LogP contribution < -0.4 is 10.4 Å². The fourth-order valence-electron chi connectivity index (χ4n) is 1.87. The molecule has 23 heavy (non-hydrogen) atoms. The summed E-state index contributed by atoms with van der Waals surface area (Å²) in [6.45, 7) is -0.449. The molecule has 6 nitrogen and oxygen atoms in total. The maximum absolute atomic E-state index is 12.1. The lowest BCUT2D eigenvalue weighted by Gasteiger charge is -2.06. The van der Waals surface area contributed by atoms with Crippen molar-refractivity contribution in [2.24, 2.45) is 0 Å². The quantitative estimate of drug-likeness (QED) is 0.589. The molecule has 9 heteroatoms. The zero-order valence-electron chi connectivity index (χ0n) is 12.3. The van der Waals surface area contributed by atoms with Crippen molar-refractivity contribution in [1.82, 2.24) is 14.8 Å². The van der Waals surface area contributed by atoms with E-state index in [0.717, 1.165) is 18.2 Å². The van der Waals surface area contributed by atoms with Crippen LogP contribution in [0.3, 0.4) is 0 Å². The van der Waals surface area contributed by atoms with Gasteiger partial charge in [-0.15, -0.1) is 5.10 Å². The van der Waals surface area contributed by atoms with E-state index in [2.05, 4.69) is 14.9 Å². The van der Waals surface area contributed by atoms with Crippen molar-refractivity contribution in [2.45, 2.75) is 31.7 Å². The fraction of sp³-hybridized carbons (Fsp3) is 0.357. The first kappa shape index (κ1) is 17.2. The highest BCUT2D eigenvalue weighted by Gasteiger charge is 2.13.